The normalized spacial score (nSPS) is 32.2. The van der Waals surface area contributed by atoms with Gasteiger partial charge in [0.2, 0.25) is 0 Å². The van der Waals surface area contributed by atoms with Crippen molar-refractivity contribution in [3.8, 4) is 0 Å². The molecule has 2 aliphatic rings. The van der Waals surface area contributed by atoms with Crippen molar-refractivity contribution in [1.82, 2.24) is 0 Å². The van der Waals surface area contributed by atoms with E-state index >= 15 is 0 Å². The summed E-state index contributed by atoms with van der Waals surface area (Å²) in [5.74, 6) is 0.0446. The van der Waals surface area contributed by atoms with E-state index in [0.717, 1.165) is 0 Å². The van der Waals surface area contributed by atoms with Gasteiger partial charge < -0.3 is 4.74 Å². The third kappa shape index (κ3) is 2.40. The first-order chi connectivity index (χ1) is 8.32. The van der Waals surface area contributed by atoms with Crippen LogP contribution in [0.3, 0.4) is 0 Å². The zero-order valence-electron chi connectivity index (χ0n) is 11.4. The third-order valence-corrected chi connectivity index (χ3v) is 3.84. The Hall–Kier alpha value is -1.38. The standard InChI is InChI=1S/C15H20O3/c1-9(2)7-12-13(15(12,3)4)14(17)18-11-6-5-10(16)8-11/h5-7,11-13H,8H2,1-4H3/t11-,12+,13?/m0/s1. The minimum Gasteiger partial charge on any atom is -0.457 e. The van der Waals surface area contributed by atoms with Crippen molar-refractivity contribution in [2.75, 3.05) is 0 Å². The minimum atomic E-state index is -0.353. The van der Waals surface area contributed by atoms with Crippen molar-refractivity contribution < 1.29 is 14.3 Å². The largest absolute Gasteiger partial charge is 0.457 e. The van der Waals surface area contributed by atoms with Crippen LogP contribution in [0.5, 0.6) is 0 Å². The first kappa shape index (κ1) is 13.1. The summed E-state index contributed by atoms with van der Waals surface area (Å²) in [7, 11) is 0. The third-order valence-electron chi connectivity index (χ3n) is 3.84. The van der Waals surface area contributed by atoms with Crippen LogP contribution in [0.1, 0.15) is 34.1 Å². The fourth-order valence-corrected chi connectivity index (χ4v) is 2.65. The molecule has 0 aromatic rings. The highest BCUT2D eigenvalue weighted by Crippen LogP contribution is 2.59. The molecule has 3 nitrogen and oxygen atoms in total. The average molecular weight is 248 g/mol. The molecule has 2 rings (SSSR count). The highest BCUT2D eigenvalue weighted by molar-refractivity contribution is 5.93. The fraction of sp³-hybridized carbons (Fsp3) is 0.600. The first-order valence-corrected chi connectivity index (χ1v) is 6.39. The van der Waals surface area contributed by atoms with Crippen LogP contribution in [0.2, 0.25) is 0 Å². The molecule has 0 bridgehead atoms. The lowest BCUT2D eigenvalue weighted by Gasteiger charge is -2.09. The zero-order valence-corrected chi connectivity index (χ0v) is 11.4. The lowest BCUT2D eigenvalue weighted by atomic mass is 10.1. The average Bonchev–Trinajstić information content (AvgIpc) is 2.56. The molecule has 0 aromatic carbocycles. The molecule has 1 unspecified atom stereocenters. The van der Waals surface area contributed by atoms with Gasteiger partial charge in [-0.05, 0) is 37.3 Å². The van der Waals surface area contributed by atoms with E-state index < -0.39 is 0 Å². The number of carbonyl (C=O) groups is 2. The molecule has 3 heteroatoms. The van der Waals surface area contributed by atoms with Crippen LogP contribution in [0.4, 0.5) is 0 Å². The Kier molecular flexibility index (Phi) is 3.18. The van der Waals surface area contributed by atoms with Crippen LogP contribution in [0.25, 0.3) is 0 Å². The molecule has 0 heterocycles. The molecule has 0 amide bonds. The zero-order chi connectivity index (χ0) is 13.5. The molecule has 0 radical (unpaired) electrons. The summed E-state index contributed by atoms with van der Waals surface area (Å²) in [4.78, 5) is 23.1. The summed E-state index contributed by atoms with van der Waals surface area (Å²) >= 11 is 0. The predicted molar refractivity (Wildman–Crippen MR) is 68.8 cm³/mol. The van der Waals surface area contributed by atoms with Crippen molar-refractivity contribution in [1.29, 1.82) is 0 Å². The topological polar surface area (TPSA) is 43.4 Å². The number of allylic oxidation sites excluding steroid dienone is 3. The van der Waals surface area contributed by atoms with E-state index in [9.17, 15) is 9.59 Å². The maximum Gasteiger partial charge on any atom is 0.310 e. The quantitative estimate of drug-likeness (QED) is 0.569. The molecular weight excluding hydrogens is 228 g/mol. The van der Waals surface area contributed by atoms with E-state index in [1.807, 2.05) is 13.8 Å². The van der Waals surface area contributed by atoms with Gasteiger partial charge in [-0.25, -0.2) is 0 Å². The lowest BCUT2D eigenvalue weighted by molar-refractivity contribution is -0.149. The molecule has 98 valence electrons. The number of rotatable bonds is 3. The van der Waals surface area contributed by atoms with Gasteiger partial charge in [0.15, 0.2) is 5.78 Å². The van der Waals surface area contributed by atoms with Gasteiger partial charge in [-0.15, -0.1) is 0 Å². The van der Waals surface area contributed by atoms with Crippen LogP contribution in [-0.4, -0.2) is 17.9 Å². The summed E-state index contributed by atoms with van der Waals surface area (Å²) in [5, 5.41) is 0. The molecular formula is C15H20O3. The summed E-state index contributed by atoms with van der Waals surface area (Å²) in [6.45, 7) is 8.24. The van der Waals surface area contributed by atoms with Crippen molar-refractivity contribution in [3.63, 3.8) is 0 Å². The second kappa shape index (κ2) is 4.38. The van der Waals surface area contributed by atoms with Crippen molar-refractivity contribution in [3.05, 3.63) is 23.8 Å². The number of ether oxygens (including phenoxy) is 1. The second-order valence-electron chi connectivity index (χ2n) is 6.07. The smallest absolute Gasteiger partial charge is 0.310 e. The molecule has 2 aliphatic carbocycles. The number of carbonyl (C=O) groups excluding carboxylic acids is 2. The van der Waals surface area contributed by atoms with Crippen LogP contribution >= 0.6 is 0 Å². The van der Waals surface area contributed by atoms with E-state index in [1.165, 1.54) is 11.6 Å². The first-order valence-electron chi connectivity index (χ1n) is 6.39. The van der Waals surface area contributed by atoms with E-state index in [2.05, 4.69) is 19.9 Å². The number of hydrogen-bond donors (Lipinski definition) is 0. The molecule has 1 fully saturated rings. The van der Waals surface area contributed by atoms with Gasteiger partial charge in [0.05, 0.1) is 12.3 Å². The SMILES string of the molecule is CC(C)=C[C@@H]1C(C(=O)O[C@H]2C=CC(=O)C2)C1(C)C. The number of ketones is 1. The van der Waals surface area contributed by atoms with Crippen LogP contribution in [-0.2, 0) is 14.3 Å². The summed E-state index contributed by atoms with van der Waals surface area (Å²) in [6.07, 6.45) is 5.25. The van der Waals surface area contributed by atoms with E-state index in [0.29, 0.717) is 6.42 Å². The number of hydrogen-bond acceptors (Lipinski definition) is 3. The molecule has 0 aromatic heterocycles. The van der Waals surface area contributed by atoms with Crippen molar-refractivity contribution in [2.45, 2.75) is 40.2 Å². The van der Waals surface area contributed by atoms with Crippen LogP contribution < -0.4 is 0 Å². The van der Waals surface area contributed by atoms with Crippen molar-refractivity contribution >= 4 is 11.8 Å². The molecule has 0 N–H and O–H groups in total. The summed E-state index contributed by atoms with van der Waals surface area (Å²) < 4.78 is 5.38. The van der Waals surface area contributed by atoms with E-state index in [4.69, 9.17) is 4.74 Å². The monoisotopic (exact) mass is 248 g/mol. The van der Waals surface area contributed by atoms with Gasteiger partial charge in [0.25, 0.3) is 0 Å². The highest BCUT2D eigenvalue weighted by Gasteiger charge is 2.61. The Labute approximate surface area is 108 Å². The summed E-state index contributed by atoms with van der Waals surface area (Å²) in [5.41, 5.74) is 1.19. The molecule has 0 saturated heterocycles. The van der Waals surface area contributed by atoms with Gasteiger partial charge in [-0.1, -0.05) is 25.5 Å². The number of esters is 1. The summed E-state index contributed by atoms with van der Waals surface area (Å²) in [6, 6.07) is 0. The Balaban J connectivity index is 1.97. The Bertz CT molecular complexity index is 439. The van der Waals surface area contributed by atoms with Crippen molar-refractivity contribution in [2.24, 2.45) is 17.3 Å². The lowest BCUT2D eigenvalue weighted by Crippen LogP contribution is -2.18. The Morgan fingerprint density at radius 2 is 2.11 bits per heavy atom. The van der Waals surface area contributed by atoms with Gasteiger partial charge >= 0.3 is 5.97 Å². The Morgan fingerprint density at radius 1 is 1.44 bits per heavy atom. The van der Waals surface area contributed by atoms with Crippen LogP contribution in [0, 0.1) is 17.3 Å². The molecule has 0 spiro atoms. The van der Waals surface area contributed by atoms with E-state index in [-0.39, 0.29) is 35.1 Å². The van der Waals surface area contributed by atoms with Crippen LogP contribution in [0.15, 0.2) is 23.8 Å². The maximum atomic E-state index is 12.1. The fourth-order valence-electron chi connectivity index (χ4n) is 2.65. The van der Waals surface area contributed by atoms with Gasteiger partial charge in [0.1, 0.15) is 6.10 Å². The molecule has 3 atom stereocenters. The highest BCUT2D eigenvalue weighted by atomic mass is 16.5. The van der Waals surface area contributed by atoms with E-state index in [1.54, 1.807) is 6.08 Å². The van der Waals surface area contributed by atoms with Gasteiger partial charge in [0, 0.05) is 0 Å². The Morgan fingerprint density at radius 3 is 2.61 bits per heavy atom. The van der Waals surface area contributed by atoms with Gasteiger partial charge in [-0.3, -0.25) is 9.59 Å². The molecule has 0 aliphatic heterocycles. The molecule has 18 heavy (non-hydrogen) atoms. The second-order valence-corrected chi connectivity index (χ2v) is 6.07. The maximum absolute atomic E-state index is 12.1. The van der Waals surface area contributed by atoms with Gasteiger partial charge in [-0.2, -0.15) is 0 Å². The minimum absolute atomic E-state index is 0.0271. The molecule has 1 saturated carbocycles. The predicted octanol–water partition coefficient (Wildman–Crippen LogP) is 2.67.